The average molecular weight is 502 g/mol. The predicted molar refractivity (Wildman–Crippen MR) is 125 cm³/mol. The molecular formula is C24H19Cl2F2N5O. The zero-order valence-electron chi connectivity index (χ0n) is 17.8. The van der Waals surface area contributed by atoms with Crippen LogP contribution in [0.1, 0.15) is 48.8 Å². The van der Waals surface area contributed by atoms with Crippen LogP contribution < -0.4 is 0 Å². The van der Waals surface area contributed by atoms with Crippen molar-refractivity contribution >= 4 is 34.2 Å². The van der Waals surface area contributed by atoms with Crippen molar-refractivity contribution in [2.75, 3.05) is 0 Å². The Hall–Kier alpha value is -2.99. The van der Waals surface area contributed by atoms with Crippen molar-refractivity contribution in [3.63, 3.8) is 0 Å². The largest absolute Gasteiger partial charge is 0.393 e. The number of aromatic nitrogens is 4. The summed E-state index contributed by atoms with van der Waals surface area (Å²) in [5.74, 6) is -2.12. The summed E-state index contributed by atoms with van der Waals surface area (Å²) in [6, 6.07) is 6.25. The summed E-state index contributed by atoms with van der Waals surface area (Å²) < 4.78 is 30.8. The monoisotopic (exact) mass is 501 g/mol. The Morgan fingerprint density at radius 2 is 1.94 bits per heavy atom. The van der Waals surface area contributed by atoms with Crippen LogP contribution in [0.3, 0.4) is 0 Å². The Morgan fingerprint density at radius 3 is 2.68 bits per heavy atom. The maximum Gasteiger partial charge on any atom is 0.219 e. The van der Waals surface area contributed by atoms with Crippen molar-refractivity contribution in [1.82, 2.24) is 19.7 Å². The van der Waals surface area contributed by atoms with Crippen molar-refractivity contribution in [3.05, 3.63) is 69.7 Å². The maximum absolute atomic E-state index is 15.3. The van der Waals surface area contributed by atoms with Crippen molar-refractivity contribution < 1.29 is 13.9 Å². The molecule has 34 heavy (non-hydrogen) atoms. The van der Waals surface area contributed by atoms with Crippen LogP contribution in [0.2, 0.25) is 10.0 Å². The third kappa shape index (κ3) is 3.84. The number of benzene rings is 1. The van der Waals surface area contributed by atoms with Crippen LogP contribution in [-0.2, 0) is 0 Å². The van der Waals surface area contributed by atoms with E-state index in [2.05, 4.69) is 21.1 Å². The minimum atomic E-state index is -0.970. The number of hydrogen-bond donors (Lipinski definition) is 2. The van der Waals surface area contributed by atoms with Gasteiger partial charge in [0.15, 0.2) is 0 Å². The van der Waals surface area contributed by atoms with E-state index in [0.29, 0.717) is 47.8 Å². The molecule has 0 radical (unpaired) electrons. The zero-order chi connectivity index (χ0) is 24.0. The van der Waals surface area contributed by atoms with E-state index in [4.69, 9.17) is 23.2 Å². The molecule has 3 aromatic heterocycles. The van der Waals surface area contributed by atoms with Crippen LogP contribution in [0.4, 0.5) is 8.78 Å². The van der Waals surface area contributed by atoms with Crippen LogP contribution in [-0.4, -0.2) is 31.0 Å². The predicted octanol–water partition coefficient (Wildman–Crippen LogP) is 6.14. The second-order valence-corrected chi connectivity index (χ2v) is 9.22. The molecular weight excluding hydrogens is 483 g/mol. The van der Waals surface area contributed by atoms with Crippen LogP contribution in [0.25, 0.3) is 22.2 Å². The van der Waals surface area contributed by atoms with E-state index >= 15 is 4.39 Å². The van der Waals surface area contributed by atoms with Gasteiger partial charge in [-0.05, 0) is 43.9 Å². The molecule has 1 aromatic carbocycles. The molecule has 1 aliphatic carbocycles. The van der Waals surface area contributed by atoms with E-state index in [0.717, 1.165) is 6.07 Å². The number of aliphatic hydroxyl groups is 1. The Morgan fingerprint density at radius 1 is 1.18 bits per heavy atom. The molecule has 0 aliphatic heterocycles. The summed E-state index contributed by atoms with van der Waals surface area (Å²) in [7, 11) is 0. The molecule has 1 unspecified atom stereocenters. The normalized spacial score (nSPS) is 19.3. The highest BCUT2D eigenvalue weighted by molar-refractivity contribution is 6.36. The zero-order valence-corrected chi connectivity index (χ0v) is 19.3. The molecule has 10 heteroatoms. The fraction of sp³-hybridized carbons (Fsp3) is 0.292. The maximum atomic E-state index is 15.3. The molecule has 4 aromatic rings. The minimum Gasteiger partial charge on any atom is -0.393 e. The molecule has 0 amide bonds. The lowest BCUT2D eigenvalue weighted by Gasteiger charge is -2.25. The van der Waals surface area contributed by atoms with Crippen LogP contribution in [0.5, 0.6) is 0 Å². The Labute approximate surface area is 203 Å². The van der Waals surface area contributed by atoms with Gasteiger partial charge in [0.1, 0.15) is 17.4 Å². The molecule has 2 N–H and O–H groups in total. The van der Waals surface area contributed by atoms with E-state index in [1.165, 1.54) is 23.1 Å². The first-order valence-electron chi connectivity index (χ1n) is 10.8. The van der Waals surface area contributed by atoms with E-state index in [-0.39, 0.29) is 33.3 Å². The third-order valence-electron chi connectivity index (χ3n) is 6.43. The van der Waals surface area contributed by atoms with Crippen molar-refractivity contribution in [2.45, 2.75) is 43.7 Å². The summed E-state index contributed by atoms with van der Waals surface area (Å²) >= 11 is 12.4. The van der Waals surface area contributed by atoms with E-state index in [9.17, 15) is 14.8 Å². The van der Waals surface area contributed by atoms with Gasteiger partial charge in [-0.2, -0.15) is 14.8 Å². The summed E-state index contributed by atoms with van der Waals surface area (Å²) in [6.07, 6.45) is 6.76. The smallest absolute Gasteiger partial charge is 0.219 e. The number of nitrogens with zero attached hydrogens (tertiary/aromatic N) is 4. The molecule has 1 atom stereocenters. The fourth-order valence-electron chi connectivity index (χ4n) is 4.61. The summed E-state index contributed by atoms with van der Waals surface area (Å²) in [5.41, 5.74) is 1.91. The lowest BCUT2D eigenvalue weighted by Crippen LogP contribution is -2.22. The number of aromatic amines is 1. The molecule has 1 aliphatic rings. The van der Waals surface area contributed by atoms with Gasteiger partial charge in [0.25, 0.3) is 0 Å². The Kier molecular flexibility index (Phi) is 6.02. The number of fused-ring (bicyclic) bond motifs is 1. The third-order valence-corrected chi connectivity index (χ3v) is 7.14. The molecule has 1 fully saturated rings. The summed E-state index contributed by atoms with van der Waals surface area (Å²) in [6.45, 7) is 0. The molecule has 5 rings (SSSR count). The average Bonchev–Trinajstić information content (AvgIpc) is 3.43. The Balaban J connectivity index is 1.56. The van der Waals surface area contributed by atoms with Gasteiger partial charge in [0.2, 0.25) is 5.95 Å². The first-order valence-corrected chi connectivity index (χ1v) is 11.6. The van der Waals surface area contributed by atoms with E-state index in [1.807, 2.05) is 0 Å². The number of rotatable bonds is 4. The van der Waals surface area contributed by atoms with E-state index in [1.54, 1.807) is 12.3 Å². The standard InChI is InChI=1S/C24H19Cl2F2N5O/c25-19-5-6-20(27)22(26)21(19)16(8-29)18-10-31-24-15(18)7-12(9-30-24)17-11-32-33(23(17)28)13-1-3-14(34)4-2-13/h5-7,9-11,13-14,16,34H,1-4H2,(H,30,31). The quantitative estimate of drug-likeness (QED) is 0.328. The van der Waals surface area contributed by atoms with Crippen LogP contribution >= 0.6 is 23.2 Å². The van der Waals surface area contributed by atoms with Crippen molar-refractivity contribution in [3.8, 4) is 17.2 Å². The van der Waals surface area contributed by atoms with Gasteiger partial charge in [-0.15, -0.1) is 0 Å². The number of H-pyrrole nitrogens is 1. The van der Waals surface area contributed by atoms with E-state index < -0.39 is 17.7 Å². The number of halogens is 4. The highest BCUT2D eigenvalue weighted by atomic mass is 35.5. The van der Waals surface area contributed by atoms with Gasteiger partial charge in [0, 0.05) is 39.5 Å². The molecule has 0 saturated heterocycles. The van der Waals surface area contributed by atoms with Gasteiger partial charge >= 0.3 is 0 Å². The molecule has 174 valence electrons. The van der Waals surface area contributed by atoms with Crippen molar-refractivity contribution in [2.24, 2.45) is 0 Å². The first kappa shape index (κ1) is 22.8. The number of pyridine rings is 1. The summed E-state index contributed by atoms with van der Waals surface area (Å²) in [4.78, 5) is 7.38. The fourth-order valence-corrected chi connectivity index (χ4v) is 5.19. The van der Waals surface area contributed by atoms with Gasteiger partial charge in [-0.3, -0.25) is 0 Å². The molecule has 6 nitrogen and oxygen atoms in total. The highest BCUT2D eigenvalue weighted by Gasteiger charge is 2.27. The second-order valence-electron chi connectivity index (χ2n) is 8.44. The number of hydrogen-bond acceptors (Lipinski definition) is 4. The minimum absolute atomic E-state index is 0.114. The number of nitriles is 1. The lowest BCUT2D eigenvalue weighted by atomic mass is 9.92. The molecule has 0 spiro atoms. The van der Waals surface area contributed by atoms with Gasteiger partial charge in [0.05, 0.1) is 35.0 Å². The topological polar surface area (TPSA) is 90.5 Å². The molecule has 0 bridgehead atoms. The number of nitrogens with one attached hydrogen (secondary N) is 1. The summed E-state index contributed by atoms with van der Waals surface area (Å²) in [5, 5.41) is 24.4. The van der Waals surface area contributed by atoms with Gasteiger partial charge in [-0.25, -0.2) is 14.1 Å². The Bertz CT molecular complexity index is 1420. The highest BCUT2D eigenvalue weighted by Crippen LogP contribution is 2.40. The SMILES string of the molecule is N#CC(c1c(Cl)ccc(F)c1Cl)c1c[nH]c2ncc(-c3cnn(C4CCC(O)CC4)c3F)cc12. The van der Waals surface area contributed by atoms with Gasteiger partial charge < -0.3 is 10.1 Å². The van der Waals surface area contributed by atoms with Crippen molar-refractivity contribution in [1.29, 1.82) is 5.26 Å². The molecule has 1 saturated carbocycles. The first-order chi connectivity index (χ1) is 16.4. The van der Waals surface area contributed by atoms with Gasteiger partial charge in [-0.1, -0.05) is 23.2 Å². The second kappa shape index (κ2) is 8.99. The van der Waals surface area contributed by atoms with Crippen LogP contribution in [0, 0.1) is 23.1 Å². The lowest BCUT2D eigenvalue weighted by molar-refractivity contribution is 0.104. The molecule has 3 heterocycles. The van der Waals surface area contributed by atoms with Crippen LogP contribution in [0.15, 0.2) is 36.8 Å². The number of aliphatic hydroxyl groups excluding tert-OH is 1.